The molecule has 1 fully saturated rings. The van der Waals surface area contributed by atoms with Gasteiger partial charge in [-0.2, -0.15) is 13.2 Å². The van der Waals surface area contributed by atoms with Crippen molar-refractivity contribution >= 4 is 5.91 Å². The summed E-state index contributed by atoms with van der Waals surface area (Å²) in [6.45, 7) is 1.58. The molecular weight excluding hydrogens is 300 g/mol. The minimum atomic E-state index is -4.81. The third kappa shape index (κ3) is 3.58. The van der Waals surface area contributed by atoms with E-state index in [2.05, 4.69) is 5.32 Å². The summed E-state index contributed by atoms with van der Waals surface area (Å²) in [7, 11) is 1.80. The summed E-state index contributed by atoms with van der Waals surface area (Å²) in [5.74, 6) is -1.93. The van der Waals surface area contributed by atoms with Gasteiger partial charge in [0.25, 0.3) is 5.91 Å². The van der Waals surface area contributed by atoms with E-state index in [1.54, 1.807) is 7.05 Å². The lowest BCUT2D eigenvalue weighted by molar-refractivity contribution is -0.140. The van der Waals surface area contributed by atoms with Gasteiger partial charge in [0.15, 0.2) is 0 Å². The van der Waals surface area contributed by atoms with Gasteiger partial charge in [0.1, 0.15) is 5.82 Å². The second kappa shape index (κ2) is 6.64. The second-order valence-corrected chi connectivity index (χ2v) is 5.48. The van der Waals surface area contributed by atoms with Crippen LogP contribution >= 0.6 is 0 Å². The number of amides is 1. The van der Waals surface area contributed by atoms with Gasteiger partial charge in [-0.3, -0.25) is 4.79 Å². The maximum absolute atomic E-state index is 14.0. The van der Waals surface area contributed by atoms with Crippen molar-refractivity contribution in [2.45, 2.75) is 19.0 Å². The largest absolute Gasteiger partial charge is 0.419 e. The van der Waals surface area contributed by atoms with Crippen LogP contribution in [0, 0.1) is 11.7 Å². The minimum Gasteiger partial charge on any atom is -0.338 e. The van der Waals surface area contributed by atoms with Crippen LogP contribution in [-0.2, 0) is 6.18 Å². The van der Waals surface area contributed by atoms with E-state index in [-0.39, 0.29) is 5.92 Å². The molecule has 0 radical (unpaired) electrons. The quantitative estimate of drug-likeness (QED) is 0.869. The SMILES string of the molecule is CNCC1CCCN(C(=O)c2cccc(C(F)(F)F)c2F)C1. The Morgan fingerprint density at radius 3 is 2.77 bits per heavy atom. The highest BCUT2D eigenvalue weighted by Gasteiger charge is 2.36. The third-order valence-electron chi connectivity index (χ3n) is 3.83. The predicted octanol–water partition coefficient (Wildman–Crippen LogP) is 2.92. The molecular formula is C15H18F4N2O. The number of hydrogen-bond acceptors (Lipinski definition) is 2. The van der Waals surface area contributed by atoms with Crippen molar-refractivity contribution in [3.8, 4) is 0 Å². The first kappa shape index (κ1) is 16.7. The zero-order valence-corrected chi connectivity index (χ0v) is 12.2. The molecule has 1 unspecified atom stereocenters. The monoisotopic (exact) mass is 318 g/mol. The highest BCUT2D eigenvalue weighted by Crippen LogP contribution is 2.33. The zero-order valence-electron chi connectivity index (χ0n) is 12.2. The van der Waals surface area contributed by atoms with Gasteiger partial charge in [-0.1, -0.05) is 6.07 Å². The van der Waals surface area contributed by atoms with Gasteiger partial charge >= 0.3 is 6.18 Å². The van der Waals surface area contributed by atoms with Crippen LogP contribution in [0.3, 0.4) is 0 Å². The van der Waals surface area contributed by atoms with Gasteiger partial charge in [0, 0.05) is 13.1 Å². The fourth-order valence-corrected chi connectivity index (χ4v) is 2.79. The summed E-state index contributed by atoms with van der Waals surface area (Å²) < 4.78 is 52.2. The van der Waals surface area contributed by atoms with Gasteiger partial charge in [-0.25, -0.2) is 4.39 Å². The summed E-state index contributed by atoms with van der Waals surface area (Å²) in [4.78, 5) is 13.8. The average Bonchev–Trinajstić information content (AvgIpc) is 2.46. The number of rotatable bonds is 3. The molecule has 0 saturated carbocycles. The Balaban J connectivity index is 2.23. The highest BCUT2D eigenvalue weighted by atomic mass is 19.4. The van der Waals surface area contributed by atoms with E-state index < -0.39 is 29.0 Å². The van der Waals surface area contributed by atoms with Crippen molar-refractivity contribution in [1.29, 1.82) is 0 Å². The van der Waals surface area contributed by atoms with E-state index >= 15 is 0 Å². The van der Waals surface area contributed by atoms with Crippen molar-refractivity contribution in [3.63, 3.8) is 0 Å². The first-order valence-electron chi connectivity index (χ1n) is 7.14. The van der Waals surface area contributed by atoms with Crippen molar-refractivity contribution < 1.29 is 22.4 Å². The van der Waals surface area contributed by atoms with Gasteiger partial charge in [0.2, 0.25) is 0 Å². The lowest BCUT2D eigenvalue weighted by atomic mass is 9.97. The van der Waals surface area contributed by atoms with Crippen LogP contribution in [0.15, 0.2) is 18.2 Å². The molecule has 2 rings (SSSR count). The van der Waals surface area contributed by atoms with E-state index in [1.807, 2.05) is 0 Å². The number of likely N-dealkylation sites (tertiary alicyclic amines) is 1. The fraction of sp³-hybridized carbons (Fsp3) is 0.533. The molecule has 1 aromatic carbocycles. The van der Waals surface area contributed by atoms with Crippen LogP contribution < -0.4 is 5.32 Å². The fourth-order valence-electron chi connectivity index (χ4n) is 2.79. The summed E-state index contributed by atoms with van der Waals surface area (Å²) in [6, 6.07) is 2.81. The Labute approximate surface area is 126 Å². The maximum Gasteiger partial charge on any atom is 0.419 e. The molecule has 1 aliphatic rings. The average molecular weight is 318 g/mol. The molecule has 1 aromatic rings. The molecule has 0 spiro atoms. The standard InChI is InChI=1S/C15H18F4N2O/c1-20-8-10-4-3-7-21(9-10)14(22)11-5-2-6-12(13(11)16)15(17,18)19/h2,5-6,10,20H,3-4,7-9H2,1H3. The van der Waals surface area contributed by atoms with E-state index in [9.17, 15) is 22.4 Å². The lowest BCUT2D eigenvalue weighted by Crippen LogP contribution is -2.42. The third-order valence-corrected chi connectivity index (χ3v) is 3.83. The molecule has 1 atom stereocenters. The Hall–Kier alpha value is -1.63. The Morgan fingerprint density at radius 1 is 1.41 bits per heavy atom. The normalized spacial score (nSPS) is 19.3. The van der Waals surface area contributed by atoms with Crippen LogP contribution in [0.4, 0.5) is 17.6 Å². The molecule has 22 heavy (non-hydrogen) atoms. The molecule has 1 amide bonds. The van der Waals surface area contributed by atoms with Crippen LogP contribution in [0.25, 0.3) is 0 Å². The van der Waals surface area contributed by atoms with Crippen LogP contribution in [0.1, 0.15) is 28.8 Å². The molecule has 0 bridgehead atoms. The maximum atomic E-state index is 14.0. The number of alkyl halides is 3. The minimum absolute atomic E-state index is 0.233. The molecule has 1 heterocycles. The molecule has 1 saturated heterocycles. The van der Waals surface area contributed by atoms with Crippen molar-refractivity contribution in [2.75, 3.05) is 26.7 Å². The van der Waals surface area contributed by atoms with Crippen molar-refractivity contribution in [1.82, 2.24) is 10.2 Å². The molecule has 0 aromatic heterocycles. The van der Waals surface area contributed by atoms with Crippen molar-refractivity contribution in [2.24, 2.45) is 5.92 Å². The smallest absolute Gasteiger partial charge is 0.338 e. The number of carbonyl (C=O) groups excluding carboxylic acids is 1. The molecule has 1 aliphatic heterocycles. The summed E-state index contributed by atoms with van der Waals surface area (Å²) in [5, 5.41) is 3.02. The van der Waals surface area contributed by atoms with E-state index in [4.69, 9.17) is 0 Å². The molecule has 1 N–H and O–H groups in total. The van der Waals surface area contributed by atoms with Crippen LogP contribution in [0.2, 0.25) is 0 Å². The number of benzene rings is 1. The van der Waals surface area contributed by atoms with Crippen LogP contribution in [-0.4, -0.2) is 37.5 Å². The van der Waals surface area contributed by atoms with Gasteiger partial charge in [-0.15, -0.1) is 0 Å². The molecule has 3 nitrogen and oxygen atoms in total. The Kier molecular flexibility index (Phi) is 5.05. The summed E-state index contributed by atoms with van der Waals surface area (Å²) in [6.07, 6.45) is -3.11. The van der Waals surface area contributed by atoms with Crippen molar-refractivity contribution in [3.05, 3.63) is 35.1 Å². The first-order valence-corrected chi connectivity index (χ1v) is 7.14. The van der Waals surface area contributed by atoms with E-state index in [1.165, 1.54) is 4.90 Å². The highest BCUT2D eigenvalue weighted by molar-refractivity contribution is 5.94. The molecule has 0 aliphatic carbocycles. The topological polar surface area (TPSA) is 32.3 Å². The van der Waals surface area contributed by atoms with Gasteiger partial charge in [0.05, 0.1) is 11.1 Å². The first-order chi connectivity index (χ1) is 10.3. The summed E-state index contributed by atoms with van der Waals surface area (Å²) >= 11 is 0. The lowest BCUT2D eigenvalue weighted by Gasteiger charge is -2.33. The second-order valence-electron chi connectivity index (χ2n) is 5.48. The molecule has 7 heteroatoms. The number of halogens is 4. The van der Waals surface area contributed by atoms with E-state index in [0.717, 1.165) is 31.5 Å². The van der Waals surface area contributed by atoms with Crippen LogP contribution in [0.5, 0.6) is 0 Å². The predicted molar refractivity (Wildman–Crippen MR) is 74.0 cm³/mol. The number of piperidine rings is 1. The summed E-state index contributed by atoms with van der Waals surface area (Å²) in [5.41, 5.74) is -1.91. The van der Waals surface area contributed by atoms with Gasteiger partial charge in [-0.05, 0) is 44.5 Å². The number of carbonyl (C=O) groups is 1. The number of nitrogens with one attached hydrogen (secondary N) is 1. The Bertz CT molecular complexity index is 543. The number of hydrogen-bond donors (Lipinski definition) is 1. The van der Waals surface area contributed by atoms with Gasteiger partial charge < -0.3 is 10.2 Å². The molecule has 122 valence electrons. The zero-order chi connectivity index (χ0) is 16.3. The number of nitrogens with zero attached hydrogens (tertiary/aromatic N) is 1. The van der Waals surface area contributed by atoms with E-state index in [0.29, 0.717) is 19.2 Å². The Morgan fingerprint density at radius 2 is 2.14 bits per heavy atom.